The summed E-state index contributed by atoms with van der Waals surface area (Å²) < 4.78 is 0. The second kappa shape index (κ2) is 10.8. The number of carbonyl (C=O) groups is 3. The first-order valence-electron chi connectivity index (χ1n) is 11.1. The van der Waals surface area contributed by atoms with Gasteiger partial charge in [-0.1, -0.05) is 46.8 Å². The lowest BCUT2D eigenvalue weighted by Gasteiger charge is -2.39. The first kappa shape index (κ1) is 26.7. The normalized spacial score (nSPS) is 17.3. The molecule has 7 nitrogen and oxygen atoms in total. The summed E-state index contributed by atoms with van der Waals surface area (Å²) in [6, 6.07) is -0.953. The van der Waals surface area contributed by atoms with Crippen LogP contribution in [0.4, 0.5) is 0 Å². The molecule has 0 saturated carbocycles. The van der Waals surface area contributed by atoms with Crippen molar-refractivity contribution in [3.05, 3.63) is 23.4 Å². The van der Waals surface area contributed by atoms with E-state index in [1.165, 1.54) is 6.92 Å². The average Bonchev–Trinajstić information content (AvgIpc) is 2.67. The molecule has 1 heterocycles. The number of likely N-dealkylation sites (N-methyl/N-ethyl adjacent to an activating group) is 1. The van der Waals surface area contributed by atoms with Crippen LogP contribution in [-0.2, 0) is 14.4 Å². The number of allylic oxidation sites excluding steroid dienone is 1. The van der Waals surface area contributed by atoms with E-state index in [-0.39, 0.29) is 29.3 Å². The van der Waals surface area contributed by atoms with Gasteiger partial charge in [0.05, 0.1) is 11.7 Å². The number of nitrogens with one attached hydrogen (secondary N) is 1. The van der Waals surface area contributed by atoms with Crippen LogP contribution in [0, 0.1) is 11.3 Å². The third-order valence-electron chi connectivity index (χ3n) is 5.73. The fraction of sp³-hybridized carbons (Fsp3) is 0.708. The summed E-state index contributed by atoms with van der Waals surface area (Å²) in [7, 11) is 1.67. The second-order valence-electron chi connectivity index (χ2n) is 10.1. The summed E-state index contributed by atoms with van der Waals surface area (Å²) in [4.78, 5) is 41.6. The van der Waals surface area contributed by atoms with Crippen molar-refractivity contribution in [2.24, 2.45) is 11.3 Å². The van der Waals surface area contributed by atoms with Gasteiger partial charge in [-0.15, -0.1) is 0 Å². The molecule has 2 amide bonds. The van der Waals surface area contributed by atoms with Gasteiger partial charge in [0.2, 0.25) is 5.91 Å². The molecular formula is C24H41N3O4. The molecule has 0 aromatic rings. The van der Waals surface area contributed by atoms with Crippen molar-refractivity contribution in [2.75, 3.05) is 13.6 Å². The number of hydrogen-bond donors (Lipinski definition) is 2. The van der Waals surface area contributed by atoms with Crippen molar-refractivity contribution in [1.82, 2.24) is 15.1 Å². The summed E-state index contributed by atoms with van der Waals surface area (Å²) in [5.74, 6) is -1.47. The number of carbonyl (C=O) groups excluding carboxylic acids is 2. The molecule has 1 aliphatic rings. The van der Waals surface area contributed by atoms with Gasteiger partial charge < -0.3 is 20.2 Å². The minimum absolute atomic E-state index is 0.0112. The van der Waals surface area contributed by atoms with E-state index in [2.05, 4.69) is 24.1 Å². The van der Waals surface area contributed by atoms with Gasteiger partial charge in [0.1, 0.15) is 6.04 Å². The molecule has 7 heteroatoms. The van der Waals surface area contributed by atoms with Crippen LogP contribution >= 0.6 is 0 Å². The van der Waals surface area contributed by atoms with E-state index in [1.54, 1.807) is 18.0 Å². The number of rotatable bonds is 8. The standard InChI is InChI=1S/C24H41N3O4/c1-15(2)19(14-17(5)23(30)31)26(9)22(29)20(24(6,7)8)25-21(28)18-12-10-11-13-27(18)16(3)4/h12,14-16,19-20H,10-11,13H2,1-9H3,(H,25,28)(H,30,31)/b17-14+/t19-,20+/m1/s1. The van der Waals surface area contributed by atoms with Crippen LogP contribution in [0.1, 0.15) is 68.2 Å². The number of aliphatic carboxylic acids is 1. The molecule has 2 N–H and O–H groups in total. The molecule has 1 aliphatic heterocycles. The molecular weight excluding hydrogens is 394 g/mol. The van der Waals surface area contributed by atoms with E-state index in [1.807, 2.05) is 40.7 Å². The molecule has 0 aromatic heterocycles. The van der Waals surface area contributed by atoms with E-state index < -0.39 is 23.5 Å². The number of nitrogens with zero attached hydrogens (tertiary/aromatic N) is 2. The predicted molar refractivity (Wildman–Crippen MR) is 123 cm³/mol. The third kappa shape index (κ3) is 7.11. The molecule has 0 fully saturated rings. The van der Waals surface area contributed by atoms with Gasteiger partial charge >= 0.3 is 5.97 Å². The van der Waals surface area contributed by atoms with E-state index in [9.17, 15) is 19.5 Å². The highest BCUT2D eigenvalue weighted by molar-refractivity contribution is 5.97. The van der Waals surface area contributed by atoms with Crippen LogP contribution in [0.25, 0.3) is 0 Å². The minimum Gasteiger partial charge on any atom is -0.478 e. The Hall–Kier alpha value is -2.31. The molecule has 0 spiro atoms. The predicted octanol–water partition coefficient (Wildman–Crippen LogP) is 3.42. The van der Waals surface area contributed by atoms with Crippen LogP contribution in [0.2, 0.25) is 0 Å². The molecule has 0 saturated heterocycles. The monoisotopic (exact) mass is 435 g/mol. The highest BCUT2D eigenvalue weighted by atomic mass is 16.4. The highest BCUT2D eigenvalue weighted by Crippen LogP contribution is 2.25. The van der Waals surface area contributed by atoms with Gasteiger partial charge in [-0.25, -0.2) is 4.79 Å². The lowest BCUT2D eigenvalue weighted by Crippen LogP contribution is -2.57. The Morgan fingerprint density at radius 1 is 1.19 bits per heavy atom. The molecule has 0 aliphatic carbocycles. The smallest absolute Gasteiger partial charge is 0.331 e. The first-order valence-corrected chi connectivity index (χ1v) is 11.1. The van der Waals surface area contributed by atoms with Crippen LogP contribution in [0.3, 0.4) is 0 Å². The van der Waals surface area contributed by atoms with Gasteiger partial charge in [-0.3, -0.25) is 9.59 Å². The van der Waals surface area contributed by atoms with Crippen molar-refractivity contribution in [2.45, 2.75) is 86.4 Å². The van der Waals surface area contributed by atoms with Gasteiger partial charge in [0.15, 0.2) is 0 Å². The molecule has 0 radical (unpaired) electrons. The van der Waals surface area contributed by atoms with Gasteiger partial charge in [-0.2, -0.15) is 0 Å². The number of carboxylic acid groups (broad SMARTS) is 1. The zero-order valence-electron chi connectivity index (χ0n) is 20.7. The third-order valence-corrected chi connectivity index (χ3v) is 5.73. The van der Waals surface area contributed by atoms with Crippen molar-refractivity contribution in [3.63, 3.8) is 0 Å². The van der Waals surface area contributed by atoms with Crippen molar-refractivity contribution in [1.29, 1.82) is 0 Å². The lowest BCUT2D eigenvalue weighted by molar-refractivity contribution is -0.139. The second-order valence-corrected chi connectivity index (χ2v) is 10.1. The largest absolute Gasteiger partial charge is 0.478 e. The van der Waals surface area contributed by atoms with E-state index in [0.717, 1.165) is 19.4 Å². The maximum Gasteiger partial charge on any atom is 0.331 e. The van der Waals surface area contributed by atoms with Crippen molar-refractivity contribution in [3.8, 4) is 0 Å². The summed E-state index contributed by atoms with van der Waals surface area (Å²) in [6.07, 6.45) is 5.40. The SMILES string of the molecule is C/C(=C\[C@H](C(C)C)N(C)C(=O)[C@H](NC(=O)C1=CCCCN1C(C)C)C(C)(C)C)C(=O)O. The van der Waals surface area contributed by atoms with Crippen molar-refractivity contribution < 1.29 is 19.5 Å². The summed E-state index contributed by atoms with van der Waals surface area (Å²) in [5, 5.41) is 12.2. The van der Waals surface area contributed by atoms with Gasteiger partial charge in [0, 0.05) is 25.2 Å². The molecule has 0 unspecified atom stereocenters. The zero-order chi connectivity index (χ0) is 24.1. The Morgan fingerprint density at radius 2 is 1.77 bits per heavy atom. The Bertz CT molecular complexity index is 732. The molecule has 176 valence electrons. The van der Waals surface area contributed by atoms with Crippen LogP contribution in [0.5, 0.6) is 0 Å². The molecule has 2 atom stereocenters. The maximum absolute atomic E-state index is 13.5. The molecule has 1 rings (SSSR count). The summed E-state index contributed by atoms with van der Waals surface area (Å²) in [6.45, 7) is 16.1. The van der Waals surface area contributed by atoms with E-state index in [0.29, 0.717) is 5.70 Å². The number of hydrogen-bond acceptors (Lipinski definition) is 4. The topological polar surface area (TPSA) is 90.0 Å². The molecule has 0 aromatic carbocycles. The van der Waals surface area contributed by atoms with Gasteiger partial charge in [-0.05, 0) is 44.9 Å². The van der Waals surface area contributed by atoms with E-state index >= 15 is 0 Å². The fourth-order valence-corrected chi connectivity index (χ4v) is 3.78. The zero-order valence-corrected chi connectivity index (χ0v) is 20.7. The number of carboxylic acids is 1. The maximum atomic E-state index is 13.5. The van der Waals surface area contributed by atoms with Crippen LogP contribution in [-0.4, -0.2) is 64.4 Å². The van der Waals surface area contributed by atoms with Crippen LogP contribution in [0.15, 0.2) is 23.4 Å². The first-order chi connectivity index (χ1) is 14.2. The quantitative estimate of drug-likeness (QED) is 0.570. The minimum atomic E-state index is -1.01. The lowest BCUT2D eigenvalue weighted by atomic mass is 9.85. The Balaban J connectivity index is 3.20. The van der Waals surface area contributed by atoms with Crippen molar-refractivity contribution >= 4 is 17.8 Å². The number of amides is 2. The Morgan fingerprint density at radius 3 is 2.23 bits per heavy atom. The van der Waals surface area contributed by atoms with Gasteiger partial charge in [0.25, 0.3) is 5.91 Å². The molecule has 0 bridgehead atoms. The Labute approximate surface area is 187 Å². The van der Waals surface area contributed by atoms with E-state index in [4.69, 9.17) is 0 Å². The summed E-state index contributed by atoms with van der Waals surface area (Å²) in [5.41, 5.74) is 0.286. The Kier molecular flexibility index (Phi) is 9.33. The fourth-order valence-electron chi connectivity index (χ4n) is 3.78. The average molecular weight is 436 g/mol. The van der Waals surface area contributed by atoms with Crippen LogP contribution < -0.4 is 5.32 Å². The highest BCUT2D eigenvalue weighted by Gasteiger charge is 2.38. The summed E-state index contributed by atoms with van der Waals surface area (Å²) >= 11 is 0. The molecule has 31 heavy (non-hydrogen) atoms.